The number of nitriles is 1. The SMILES string of the molecule is N#CCCCOc1ccc(Br)cc1C(=O)CC(=O)C(=O)O. The number of hydrogen-bond donors (Lipinski definition) is 1. The van der Waals surface area contributed by atoms with Crippen molar-refractivity contribution in [2.24, 2.45) is 0 Å². The lowest BCUT2D eigenvalue weighted by Gasteiger charge is -2.10. The third-order valence-electron chi connectivity index (χ3n) is 2.49. The zero-order chi connectivity index (χ0) is 15.8. The number of ether oxygens (including phenoxy) is 1. The number of Topliss-reactive ketones (excluding diaryl/α,β-unsaturated/α-hetero) is 2. The highest BCUT2D eigenvalue weighted by molar-refractivity contribution is 9.10. The van der Waals surface area contributed by atoms with Crippen LogP contribution in [0.5, 0.6) is 5.75 Å². The highest BCUT2D eigenvalue weighted by atomic mass is 79.9. The second kappa shape index (κ2) is 8.17. The number of hydrogen-bond acceptors (Lipinski definition) is 5. The monoisotopic (exact) mass is 353 g/mol. The average molecular weight is 354 g/mol. The van der Waals surface area contributed by atoms with Crippen LogP contribution in [-0.2, 0) is 9.59 Å². The maximum atomic E-state index is 12.0. The lowest BCUT2D eigenvalue weighted by atomic mass is 10.0. The first-order valence-corrected chi connectivity index (χ1v) is 6.83. The summed E-state index contributed by atoms with van der Waals surface area (Å²) >= 11 is 3.20. The molecule has 6 nitrogen and oxygen atoms in total. The molecule has 7 heteroatoms. The van der Waals surface area contributed by atoms with E-state index in [2.05, 4.69) is 15.9 Å². The summed E-state index contributed by atoms with van der Waals surface area (Å²) < 4.78 is 6.02. The van der Waals surface area contributed by atoms with Gasteiger partial charge in [0.2, 0.25) is 5.78 Å². The first-order valence-electron chi connectivity index (χ1n) is 6.04. The summed E-state index contributed by atoms with van der Waals surface area (Å²) in [5, 5.41) is 17.0. The summed E-state index contributed by atoms with van der Waals surface area (Å²) in [5.74, 6) is -3.18. The van der Waals surface area contributed by atoms with Crippen molar-refractivity contribution in [3.8, 4) is 11.8 Å². The van der Waals surface area contributed by atoms with Crippen LogP contribution in [0.15, 0.2) is 22.7 Å². The van der Waals surface area contributed by atoms with Gasteiger partial charge in [-0.05, 0) is 24.6 Å². The van der Waals surface area contributed by atoms with Crippen LogP contribution in [-0.4, -0.2) is 29.2 Å². The van der Waals surface area contributed by atoms with Gasteiger partial charge >= 0.3 is 5.97 Å². The maximum Gasteiger partial charge on any atom is 0.372 e. The smallest absolute Gasteiger partial charge is 0.372 e. The van der Waals surface area contributed by atoms with Gasteiger partial charge in [-0.15, -0.1) is 0 Å². The molecule has 0 spiro atoms. The van der Waals surface area contributed by atoms with Gasteiger partial charge in [-0.2, -0.15) is 5.26 Å². The van der Waals surface area contributed by atoms with Gasteiger partial charge in [0.25, 0.3) is 0 Å². The number of nitrogens with zero attached hydrogens (tertiary/aromatic N) is 1. The molecule has 0 amide bonds. The van der Waals surface area contributed by atoms with E-state index in [1.165, 1.54) is 6.07 Å². The minimum absolute atomic E-state index is 0.135. The summed E-state index contributed by atoms with van der Waals surface area (Å²) in [7, 11) is 0. The van der Waals surface area contributed by atoms with Crippen LogP contribution in [0, 0.1) is 11.3 Å². The van der Waals surface area contributed by atoms with E-state index in [-0.39, 0.29) is 17.9 Å². The molecular weight excluding hydrogens is 342 g/mol. The zero-order valence-corrected chi connectivity index (χ0v) is 12.6. The predicted octanol–water partition coefficient (Wildman–Crippen LogP) is 2.36. The van der Waals surface area contributed by atoms with Gasteiger partial charge in [0, 0.05) is 10.9 Å². The third kappa shape index (κ3) is 5.36. The fourth-order valence-electron chi connectivity index (χ4n) is 1.50. The summed E-state index contributed by atoms with van der Waals surface area (Å²) in [4.78, 5) is 33.6. The van der Waals surface area contributed by atoms with E-state index in [0.717, 1.165) is 0 Å². The van der Waals surface area contributed by atoms with Crippen molar-refractivity contribution in [3.63, 3.8) is 0 Å². The second-order valence-electron chi connectivity index (χ2n) is 4.08. The highest BCUT2D eigenvalue weighted by Crippen LogP contribution is 2.25. The minimum atomic E-state index is -1.64. The summed E-state index contributed by atoms with van der Waals surface area (Å²) in [6.07, 6.45) is 0.117. The van der Waals surface area contributed by atoms with Crippen molar-refractivity contribution < 1.29 is 24.2 Å². The van der Waals surface area contributed by atoms with Gasteiger partial charge in [-0.1, -0.05) is 15.9 Å². The molecule has 110 valence electrons. The van der Waals surface area contributed by atoms with Crippen LogP contribution < -0.4 is 4.74 Å². The number of halogens is 1. The van der Waals surface area contributed by atoms with Crippen molar-refractivity contribution in [2.45, 2.75) is 19.3 Å². The van der Waals surface area contributed by atoms with Crippen LogP contribution in [0.2, 0.25) is 0 Å². The first-order chi connectivity index (χ1) is 9.95. The Kier molecular flexibility index (Phi) is 6.56. The molecule has 21 heavy (non-hydrogen) atoms. The van der Waals surface area contributed by atoms with Crippen molar-refractivity contribution in [3.05, 3.63) is 28.2 Å². The van der Waals surface area contributed by atoms with Crippen molar-refractivity contribution in [1.29, 1.82) is 5.26 Å². The number of carboxylic acids is 1. The number of aliphatic carboxylic acids is 1. The molecule has 0 radical (unpaired) electrons. The number of unbranched alkanes of at least 4 members (excludes halogenated alkanes) is 1. The molecule has 0 aliphatic carbocycles. The third-order valence-corrected chi connectivity index (χ3v) is 2.99. The molecule has 0 fully saturated rings. The predicted molar refractivity (Wildman–Crippen MR) is 76.1 cm³/mol. The number of rotatable bonds is 8. The summed E-state index contributed by atoms with van der Waals surface area (Å²) in [6, 6.07) is 6.66. The van der Waals surface area contributed by atoms with E-state index < -0.39 is 24.0 Å². The van der Waals surface area contributed by atoms with E-state index in [1.54, 1.807) is 12.1 Å². The Balaban J connectivity index is 2.86. The molecule has 0 saturated carbocycles. The maximum absolute atomic E-state index is 12.0. The molecular formula is C14H12BrNO5. The topological polar surface area (TPSA) is 104 Å². The molecule has 0 unspecified atom stereocenters. The molecule has 0 bridgehead atoms. The Morgan fingerprint density at radius 2 is 2.05 bits per heavy atom. The van der Waals surface area contributed by atoms with Crippen LogP contribution in [0.25, 0.3) is 0 Å². The van der Waals surface area contributed by atoms with Crippen LogP contribution in [0.3, 0.4) is 0 Å². The summed E-state index contributed by atoms with van der Waals surface area (Å²) in [5.41, 5.74) is 0.135. The Morgan fingerprint density at radius 3 is 2.67 bits per heavy atom. The Morgan fingerprint density at radius 1 is 1.33 bits per heavy atom. The van der Waals surface area contributed by atoms with E-state index in [4.69, 9.17) is 15.1 Å². The molecule has 0 aliphatic heterocycles. The Hall–Kier alpha value is -2.20. The van der Waals surface area contributed by atoms with Crippen LogP contribution >= 0.6 is 15.9 Å². The highest BCUT2D eigenvalue weighted by Gasteiger charge is 2.20. The first kappa shape index (κ1) is 16.9. The van der Waals surface area contributed by atoms with Crippen LogP contribution in [0.1, 0.15) is 29.6 Å². The molecule has 0 aromatic heterocycles. The fourth-order valence-corrected chi connectivity index (χ4v) is 1.86. The second-order valence-corrected chi connectivity index (χ2v) is 4.99. The van der Waals surface area contributed by atoms with Gasteiger partial charge in [0.15, 0.2) is 5.78 Å². The van der Waals surface area contributed by atoms with E-state index in [0.29, 0.717) is 17.3 Å². The quantitative estimate of drug-likeness (QED) is 0.333. The average Bonchev–Trinajstić information content (AvgIpc) is 2.44. The van der Waals surface area contributed by atoms with Gasteiger partial charge in [0.1, 0.15) is 5.75 Å². The Labute approximate surface area is 129 Å². The number of carbonyl (C=O) groups is 3. The molecule has 0 aliphatic rings. The number of carboxylic acid groups (broad SMARTS) is 1. The van der Waals surface area contributed by atoms with Gasteiger partial charge in [-0.25, -0.2) is 4.79 Å². The van der Waals surface area contributed by atoms with E-state index >= 15 is 0 Å². The lowest BCUT2D eigenvalue weighted by Crippen LogP contribution is -2.17. The van der Waals surface area contributed by atoms with Gasteiger partial charge in [0.05, 0.1) is 24.7 Å². The van der Waals surface area contributed by atoms with Crippen molar-refractivity contribution in [1.82, 2.24) is 0 Å². The normalized spacial score (nSPS) is 9.71. The fraction of sp³-hybridized carbons (Fsp3) is 0.286. The molecule has 0 heterocycles. The summed E-state index contributed by atoms with van der Waals surface area (Å²) in [6.45, 7) is 0.252. The number of carbonyl (C=O) groups excluding carboxylic acids is 2. The molecule has 0 saturated heterocycles. The largest absolute Gasteiger partial charge is 0.493 e. The molecule has 1 rings (SSSR count). The van der Waals surface area contributed by atoms with Gasteiger partial charge in [-0.3, -0.25) is 9.59 Å². The molecule has 1 aromatic carbocycles. The molecule has 0 atom stereocenters. The lowest BCUT2D eigenvalue weighted by molar-refractivity contribution is -0.148. The Bertz CT molecular complexity index is 606. The standard InChI is InChI=1S/C14H12BrNO5/c15-9-3-4-13(21-6-2-1-5-16)10(7-9)11(17)8-12(18)14(19)20/h3-4,7H,1-2,6,8H2,(H,19,20). The number of ketones is 2. The zero-order valence-electron chi connectivity index (χ0n) is 11.0. The van der Waals surface area contributed by atoms with Crippen LogP contribution in [0.4, 0.5) is 0 Å². The van der Waals surface area contributed by atoms with E-state index in [1.807, 2.05) is 6.07 Å². The minimum Gasteiger partial charge on any atom is -0.493 e. The van der Waals surface area contributed by atoms with Gasteiger partial charge < -0.3 is 9.84 Å². The van der Waals surface area contributed by atoms with E-state index in [9.17, 15) is 14.4 Å². The molecule has 1 N–H and O–H groups in total. The number of benzene rings is 1. The molecule has 1 aromatic rings. The van der Waals surface area contributed by atoms with Crippen molar-refractivity contribution >= 4 is 33.5 Å². The van der Waals surface area contributed by atoms with Crippen molar-refractivity contribution in [2.75, 3.05) is 6.61 Å².